The molecular formula is C15H32N2. The fourth-order valence-electron chi connectivity index (χ4n) is 2.85. The molecule has 1 atom stereocenters. The van der Waals surface area contributed by atoms with E-state index in [1.807, 2.05) is 0 Å². The van der Waals surface area contributed by atoms with Gasteiger partial charge in [0.2, 0.25) is 0 Å². The summed E-state index contributed by atoms with van der Waals surface area (Å²) in [6, 6.07) is 0.730. The number of piperidine rings is 1. The number of likely N-dealkylation sites (tertiary alicyclic amines) is 1. The maximum Gasteiger partial charge on any atom is 0.0218 e. The van der Waals surface area contributed by atoms with Crippen LogP contribution in [0.5, 0.6) is 0 Å². The van der Waals surface area contributed by atoms with Crippen LogP contribution in [0.25, 0.3) is 0 Å². The molecule has 1 aliphatic rings. The summed E-state index contributed by atoms with van der Waals surface area (Å²) in [6.07, 6.45) is 4.02. The summed E-state index contributed by atoms with van der Waals surface area (Å²) in [5.74, 6) is 0.755. The van der Waals surface area contributed by atoms with Crippen LogP contribution in [0.1, 0.15) is 53.9 Å². The fourth-order valence-corrected chi connectivity index (χ4v) is 2.85. The molecule has 1 rings (SSSR count). The van der Waals surface area contributed by atoms with E-state index in [4.69, 9.17) is 0 Å². The molecule has 2 heteroatoms. The summed E-state index contributed by atoms with van der Waals surface area (Å²) in [5, 5.41) is 3.62. The van der Waals surface area contributed by atoms with Crippen LogP contribution in [0.4, 0.5) is 0 Å². The minimum Gasteiger partial charge on any atom is -0.315 e. The van der Waals surface area contributed by atoms with Crippen LogP contribution in [0, 0.1) is 11.3 Å². The van der Waals surface area contributed by atoms with Crippen LogP contribution in [0.2, 0.25) is 0 Å². The van der Waals surface area contributed by atoms with Crippen LogP contribution >= 0.6 is 0 Å². The molecule has 1 heterocycles. The molecule has 0 saturated carbocycles. The van der Waals surface area contributed by atoms with E-state index in [1.165, 1.54) is 32.4 Å². The lowest BCUT2D eigenvalue weighted by molar-refractivity contribution is 0.0754. The van der Waals surface area contributed by atoms with Gasteiger partial charge in [0.05, 0.1) is 0 Å². The summed E-state index contributed by atoms with van der Waals surface area (Å²) in [7, 11) is 0. The van der Waals surface area contributed by atoms with Gasteiger partial charge in [0.25, 0.3) is 0 Å². The van der Waals surface area contributed by atoms with Gasteiger partial charge < -0.3 is 5.32 Å². The van der Waals surface area contributed by atoms with Crippen LogP contribution < -0.4 is 5.32 Å². The second kappa shape index (κ2) is 6.75. The largest absolute Gasteiger partial charge is 0.315 e. The van der Waals surface area contributed by atoms with Gasteiger partial charge in [-0.25, -0.2) is 0 Å². The number of nitrogens with zero attached hydrogens (tertiary/aromatic N) is 1. The van der Waals surface area contributed by atoms with Crippen molar-refractivity contribution in [1.82, 2.24) is 10.2 Å². The lowest BCUT2D eigenvalue weighted by Crippen LogP contribution is -2.49. The Morgan fingerprint density at radius 2 is 1.94 bits per heavy atom. The van der Waals surface area contributed by atoms with Crippen molar-refractivity contribution in [2.24, 2.45) is 11.3 Å². The molecule has 102 valence electrons. The van der Waals surface area contributed by atoms with Gasteiger partial charge in [-0.3, -0.25) is 4.90 Å². The van der Waals surface area contributed by atoms with E-state index in [0.717, 1.165) is 25.0 Å². The third-order valence-electron chi connectivity index (χ3n) is 3.85. The maximum absolute atomic E-state index is 3.62. The molecular weight excluding hydrogens is 208 g/mol. The predicted octanol–water partition coefficient (Wildman–Crippen LogP) is 3.13. The second-order valence-corrected chi connectivity index (χ2v) is 6.85. The van der Waals surface area contributed by atoms with E-state index in [9.17, 15) is 0 Å². The SMILES string of the molecule is CCC(CNCC(C)C)N1CCCC(C)(C)C1. The van der Waals surface area contributed by atoms with Crippen molar-refractivity contribution in [3.8, 4) is 0 Å². The highest BCUT2D eigenvalue weighted by atomic mass is 15.2. The third-order valence-corrected chi connectivity index (χ3v) is 3.85. The van der Waals surface area contributed by atoms with Gasteiger partial charge in [0.1, 0.15) is 0 Å². The first kappa shape index (κ1) is 15.0. The summed E-state index contributed by atoms with van der Waals surface area (Å²) in [5.41, 5.74) is 0.518. The fraction of sp³-hybridized carbons (Fsp3) is 1.00. The van der Waals surface area contributed by atoms with Gasteiger partial charge in [0.15, 0.2) is 0 Å². The van der Waals surface area contributed by atoms with E-state index in [1.54, 1.807) is 0 Å². The van der Waals surface area contributed by atoms with Crippen molar-refractivity contribution in [2.45, 2.75) is 59.9 Å². The number of rotatable bonds is 6. The maximum atomic E-state index is 3.62. The highest BCUT2D eigenvalue weighted by Gasteiger charge is 2.29. The Kier molecular flexibility index (Phi) is 5.94. The monoisotopic (exact) mass is 240 g/mol. The number of hydrogen-bond acceptors (Lipinski definition) is 2. The van der Waals surface area contributed by atoms with Crippen LogP contribution in [-0.4, -0.2) is 37.1 Å². The van der Waals surface area contributed by atoms with E-state index in [0.29, 0.717) is 5.41 Å². The van der Waals surface area contributed by atoms with Crippen molar-refractivity contribution in [3.05, 3.63) is 0 Å². The Bertz CT molecular complexity index is 211. The topological polar surface area (TPSA) is 15.3 Å². The van der Waals surface area contributed by atoms with Crippen molar-refractivity contribution < 1.29 is 0 Å². The first-order chi connectivity index (χ1) is 7.94. The molecule has 0 radical (unpaired) electrons. The van der Waals surface area contributed by atoms with Crippen LogP contribution in [0.3, 0.4) is 0 Å². The van der Waals surface area contributed by atoms with Crippen molar-refractivity contribution in [2.75, 3.05) is 26.2 Å². The predicted molar refractivity (Wildman–Crippen MR) is 76.4 cm³/mol. The molecule has 1 unspecified atom stereocenters. The first-order valence-corrected chi connectivity index (χ1v) is 7.39. The van der Waals surface area contributed by atoms with Gasteiger partial charge in [0, 0.05) is 19.1 Å². The average molecular weight is 240 g/mol. The summed E-state index contributed by atoms with van der Waals surface area (Å²) in [6.45, 7) is 16.6. The minimum absolute atomic E-state index is 0.518. The van der Waals surface area contributed by atoms with E-state index >= 15 is 0 Å². The van der Waals surface area contributed by atoms with Crippen molar-refractivity contribution in [1.29, 1.82) is 0 Å². The zero-order valence-corrected chi connectivity index (χ0v) is 12.6. The molecule has 0 spiro atoms. The van der Waals surface area contributed by atoms with Crippen LogP contribution in [-0.2, 0) is 0 Å². The third kappa shape index (κ3) is 5.39. The van der Waals surface area contributed by atoms with E-state index in [-0.39, 0.29) is 0 Å². The standard InChI is InChI=1S/C15H32N2/c1-6-14(11-16-10-13(2)3)17-9-7-8-15(4,5)12-17/h13-14,16H,6-12H2,1-5H3. The molecule has 0 aromatic rings. The van der Waals surface area contributed by atoms with Gasteiger partial charge in [-0.15, -0.1) is 0 Å². The van der Waals surface area contributed by atoms with E-state index in [2.05, 4.69) is 44.8 Å². The smallest absolute Gasteiger partial charge is 0.0218 e. The van der Waals surface area contributed by atoms with Crippen LogP contribution in [0.15, 0.2) is 0 Å². The Morgan fingerprint density at radius 1 is 1.24 bits per heavy atom. The molecule has 1 aliphatic heterocycles. The average Bonchev–Trinajstić information content (AvgIpc) is 2.22. The highest BCUT2D eigenvalue weighted by Crippen LogP contribution is 2.29. The molecule has 1 fully saturated rings. The van der Waals surface area contributed by atoms with Gasteiger partial charge in [-0.1, -0.05) is 34.6 Å². The van der Waals surface area contributed by atoms with E-state index < -0.39 is 0 Å². The Morgan fingerprint density at radius 3 is 2.47 bits per heavy atom. The molecule has 17 heavy (non-hydrogen) atoms. The number of nitrogens with one attached hydrogen (secondary N) is 1. The summed E-state index contributed by atoms with van der Waals surface area (Å²) < 4.78 is 0. The second-order valence-electron chi connectivity index (χ2n) is 6.85. The molecule has 0 aromatic heterocycles. The molecule has 2 nitrogen and oxygen atoms in total. The molecule has 0 bridgehead atoms. The summed E-state index contributed by atoms with van der Waals surface area (Å²) in [4.78, 5) is 2.71. The zero-order chi connectivity index (χ0) is 12.9. The minimum atomic E-state index is 0.518. The lowest BCUT2D eigenvalue weighted by Gasteiger charge is -2.42. The Labute approximate surface area is 108 Å². The van der Waals surface area contributed by atoms with Gasteiger partial charge >= 0.3 is 0 Å². The quantitative estimate of drug-likeness (QED) is 0.767. The summed E-state index contributed by atoms with van der Waals surface area (Å²) >= 11 is 0. The number of hydrogen-bond donors (Lipinski definition) is 1. The molecule has 0 aromatic carbocycles. The molecule has 1 saturated heterocycles. The van der Waals surface area contributed by atoms with Gasteiger partial charge in [-0.05, 0) is 43.7 Å². The normalized spacial score (nSPS) is 22.9. The molecule has 0 aliphatic carbocycles. The Hall–Kier alpha value is -0.0800. The highest BCUT2D eigenvalue weighted by molar-refractivity contribution is 4.84. The first-order valence-electron chi connectivity index (χ1n) is 7.39. The van der Waals surface area contributed by atoms with Crippen molar-refractivity contribution >= 4 is 0 Å². The van der Waals surface area contributed by atoms with Crippen molar-refractivity contribution in [3.63, 3.8) is 0 Å². The molecule has 1 N–H and O–H groups in total. The Balaban J connectivity index is 2.38. The van der Waals surface area contributed by atoms with Gasteiger partial charge in [-0.2, -0.15) is 0 Å². The lowest BCUT2D eigenvalue weighted by atomic mass is 9.83. The zero-order valence-electron chi connectivity index (χ0n) is 12.6. The molecule has 0 amide bonds.